The van der Waals surface area contributed by atoms with Gasteiger partial charge in [0.1, 0.15) is 5.75 Å². The lowest BCUT2D eigenvalue weighted by Crippen LogP contribution is -2.29. The number of fused-ring (bicyclic) bond motifs is 1. The average Bonchev–Trinajstić information content (AvgIpc) is 2.99. The van der Waals surface area contributed by atoms with Crippen molar-refractivity contribution in [1.82, 2.24) is 5.32 Å². The van der Waals surface area contributed by atoms with Crippen LogP contribution in [0, 0.1) is 0 Å². The summed E-state index contributed by atoms with van der Waals surface area (Å²) in [6, 6.07) is 9.28. The van der Waals surface area contributed by atoms with Gasteiger partial charge in [-0.25, -0.2) is 0 Å². The van der Waals surface area contributed by atoms with Crippen LogP contribution < -0.4 is 15.4 Å². The molecular weight excluding hydrogens is 300 g/mol. The van der Waals surface area contributed by atoms with Crippen molar-refractivity contribution in [2.75, 3.05) is 11.9 Å². The Balaban J connectivity index is 1.67. The molecule has 1 aliphatic rings. The Morgan fingerprint density at radius 3 is 3.09 bits per heavy atom. The first kappa shape index (κ1) is 14.6. The van der Waals surface area contributed by atoms with Gasteiger partial charge >= 0.3 is 0 Å². The number of hydrogen-bond acceptors (Lipinski definition) is 4. The van der Waals surface area contributed by atoms with E-state index < -0.39 is 0 Å². The highest BCUT2D eigenvalue weighted by molar-refractivity contribution is 7.10. The maximum absolute atomic E-state index is 12.0. The zero-order valence-corrected chi connectivity index (χ0v) is 12.9. The van der Waals surface area contributed by atoms with Crippen molar-refractivity contribution >= 4 is 28.8 Å². The van der Waals surface area contributed by atoms with Crippen LogP contribution in [0.25, 0.3) is 0 Å². The van der Waals surface area contributed by atoms with Gasteiger partial charge in [-0.15, -0.1) is 11.3 Å². The Hall–Kier alpha value is -2.34. The predicted molar refractivity (Wildman–Crippen MR) is 85.1 cm³/mol. The number of carbonyl (C=O) groups excluding carboxylic acids is 2. The SMILES string of the molecule is C[C@H](NC(=O)Cc1cccs1)c1ccc2c(c1)NC(=O)CO2. The second-order valence-electron chi connectivity index (χ2n) is 5.14. The fourth-order valence-electron chi connectivity index (χ4n) is 2.32. The summed E-state index contributed by atoms with van der Waals surface area (Å²) in [4.78, 5) is 24.4. The number of ether oxygens (including phenoxy) is 1. The zero-order valence-electron chi connectivity index (χ0n) is 12.1. The van der Waals surface area contributed by atoms with Crippen LogP contribution in [0.1, 0.15) is 23.4 Å². The third-order valence-corrected chi connectivity index (χ3v) is 4.31. The van der Waals surface area contributed by atoms with Gasteiger partial charge in [0, 0.05) is 4.88 Å². The molecule has 0 saturated heterocycles. The van der Waals surface area contributed by atoms with Crippen molar-refractivity contribution < 1.29 is 14.3 Å². The van der Waals surface area contributed by atoms with Gasteiger partial charge in [-0.2, -0.15) is 0 Å². The van der Waals surface area contributed by atoms with Crippen molar-refractivity contribution in [3.8, 4) is 5.75 Å². The number of benzene rings is 1. The van der Waals surface area contributed by atoms with Crippen LogP contribution >= 0.6 is 11.3 Å². The molecule has 1 aromatic carbocycles. The molecule has 2 aromatic rings. The number of anilines is 1. The minimum atomic E-state index is -0.168. The topological polar surface area (TPSA) is 67.4 Å². The van der Waals surface area contributed by atoms with E-state index in [1.165, 1.54) is 0 Å². The number of thiophene rings is 1. The minimum Gasteiger partial charge on any atom is -0.482 e. The Labute approximate surface area is 132 Å². The Morgan fingerprint density at radius 1 is 1.45 bits per heavy atom. The van der Waals surface area contributed by atoms with Crippen molar-refractivity contribution in [1.29, 1.82) is 0 Å². The minimum absolute atomic E-state index is 0.0204. The van der Waals surface area contributed by atoms with Gasteiger partial charge in [0.25, 0.3) is 5.91 Å². The molecule has 5 nitrogen and oxygen atoms in total. The molecule has 1 aromatic heterocycles. The highest BCUT2D eigenvalue weighted by Gasteiger charge is 2.18. The van der Waals surface area contributed by atoms with E-state index in [2.05, 4.69) is 10.6 Å². The summed E-state index contributed by atoms with van der Waals surface area (Å²) < 4.78 is 5.32. The largest absolute Gasteiger partial charge is 0.482 e. The fourth-order valence-corrected chi connectivity index (χ4v) is 3.02. The molecule has 3 rings (SSSR count). The van der Waals surface area contributed by atoms with Crippen LogP contribution in [0.4, 0.5) is 5.69 Å². The molecule has 6 heteroatoms. The van der Waals surface area contributed by atoms with Crippen LogP contribution in [0.5, 0.6) is 5.75 Å². The molecule has 0 unspecified atom stereocenters. The van der Waals surface area contributed by atoms with E-state index in [9.17, 15) is 9.59 Å². The summed E-state index contributed by atoms with van der Waals surface area (Å²) in [7, 11) is 0. The fraction of sp³-hybridized carbons (Fsp3) is 0.250. The number of nitrogens with one attached hydrogen (secondary N) is 2. The summed E-state index contributed by atoms with van der Waals surface area (Å²) in [6.07, 6.45) is 0.382. The molecule has 114 valence electrons. The number of amides is 2. The molecule has 0 fully saturated rings. The molecule has 0 aliphatic carbocycles. The molecule has 1 atom stereocenters. The summed E-state index contributed by atoms with van der Waals surface area (Å²) in [5, 5.41) is 7.69. The van der Waals surface area contributed by atoms with E-state index in [0.29, 0.717) is 17.9 Å². The Bertz CT molecular complexity index is 697. The number of rotatable bonds is 4. The quantitative estimate of drug-likeness (QED) is 0.910. The summed E-state index contributed by atoms with van der Waals surface area (Å²) in [5.41, 5.74) is 1.57. The third-order valence-electron chi connectivity index (χ3n) is 3.43. The molecule has 0 bridgehead atoms. The molecule has 0 saturated carbocycles. The zero-order chi connectivity index (χ0) is 15.5. The van der Waals surface area contributed by atoms with Crippen LogP contribution in [0.3, 0.4) is 0 Å². The Morgan fingerprint density at radius 2 is 2.32 bits per heavy atom. The summed E-state index contributed by atoms with van der Waals surface area (Å²) in [6.45, 7) is 1.96. The molecular formula is C16H16N2O3S. The van der Waals surface area contributed by atoms with Gasteiger partial charge in [-0.1, -0.05) is 12.1 Å². The van der Waals surface area contributed by atoms with Crippen molar-refractivity contribution in [2.24, 2.45) is 0 Å². The normalized spacial score (nSPS) is 14.5. The monoisotopic (exact) mass is 316 g/mol. The average molecular weight is 316 g/mol. The lowest BCUT2D eigenvalue weighted by molar-refractivity contribution is -0.121. The van der Waals surface area contributed by atoms with E-state index in [-0.39, 0.29) is 24.5 Å². The molecule has 1 aliphatic heterocycles. The maximum atomic E-state index is 12.0. The van der Waals surface area contributed by atoms with E-state index in [0.717, 1.165) is 10.4 Å². The van der Waals surface area contributed by atoms with Crippen LogP contribution in [-0.4, -0.2) is 18.4 Å². The van der Waals surface area contributed by atoms with Crippen LogP contribution in [0.15, 0.2) is 35.7 Å². The smallest absolute Gasteiger partial charge is 0.262 e. The Kier molecular flexibility index (Phi) is 4.11. The van der Waals surface area contributed by atoms with Gasteiger partial charge in [0.2, 0.25) is 5.91 Å². The van der Waals surface area contributed by atoms with E-state index in [1.54, 1.807) is 11.3 Å². The first-order chi connectivity index (χ1) is 10.6. The second-order valence-corrected chi connectivity index (χ2v) is 6.17. The first-order valence-corrected chi connectivity index (χ1v) is 7.88. The van der Waals surface area contributed by atoms with Crippen molar-refractivity contribution in [2.45, 2.75) is 19.4 Å². The molecule has 0 radical (unpaired) electrons. The van der Waals surface area contributed by atoms with E-state index >= 15 is 0 Å². The lowest BCUT2D eigenvalue weighted by Gasteiger charge is -2.21. The van der Waals surface area contributed by atoms with Crippen molar-refractivity contribution in [3.05, 3.63) is 46.2 Å². The van der Waals surface area contributed by atoms with Gasteiger partial charge in [-0.05, 0) is 36.1 Å². The van der Waals surface area contributed by atoms with Crippen molar-refractivity contribution in [3.63, 3.8) is 0 Å². The lowest BCUT2D eigenvalue weighted by atomic mass is 10.1. The summed E-state index contributed by atoms with van der Waals surface area (Å²) >= 11 is 1.57. The maximum Gasteiger partial charge on any atom is 0.262 e. The van der Waals surface area contributed by atoms with Gasteiger partial charge in [0.15, 0.2) is 6.61 Å². The van der Waals surface area contributed by atoms with Gasteiger partial charge in [-0.3, -0.25) is 9.59 Å². The second kappa shape index (κ2) is 6.19. The van der Waals surface area contributed by atoms with Gasteiger partial charge in [0.05, 0.1) is 18.2 Å². The van der Waals surface area contributed by atoms with E-state index in [4.69, 9.17) is 4.74 Å². The standard InChI is InChI=1S/C16H16N2O3S/c1-10(17-15(19)8-12-3-2-6-22-12)11-4-5-14-13(7-11)18-16(20)9-21-14/h2-7,10H,8-9H2,1H3,(H,17,19)(H,18,20)/t10-/m0/s1. The molecule has 22 heavy (non-hydrogen) atoms. The van der Waals surface area contributed by atoms with Crippen LogP contribution in [0.2, 0.25) is 0 Å². The third kappa shape index (κ3) is 3.28. The predicted octanol–water partition coefficient (Wildman–Crippen LogP) is 2.50. The highest BCUT2D eigenvalue weighted by atomic mass is 32.1. The molecule has 2 N–H and O–H groups in total. The van der Waals surface area contributed by atoms with Crippen LogP contribution in [-0.2, 0) is 16.0 Å². The molecule has 2 amide bonds. The highest BCUT2D eigenvalue weighted by Crippen LogP contribution is 2.30. The number of hydrogen-bond donors (Lipinski definition) is 2. The first-order valence-electron chi connectivity index (χ1n) is 7.00. The van der Waals surface area contributed by atoms with E-state index in [1.807, 2.05) is 42.6 Å². The summed E-state index contributed by atoms with van der Waals surface area (Å²) in [5.74, 6) is 0.465. The number of carbonyl (C=O) groups is 2. The van der Waals surface area contributed by atoms with Gasteiger partial charge < -0.3 is 15.4 Å². The molecule has 2 heterocycles. The molecule has 0 spiro atoms.